The zero-order chi connectivity index (χ0) is 15.4. The van der Waals surface area contributed by atoms with Gasteiger partial charge in [-0.1, -0.05) is 26.0 Å². The number of amides is 1. The Kier molecular flexibility index (Phi) is 4.67. The highest BCUT2D eigenvalue weighted by Crippen LogP contribution is 2.28. The zero-order valence-corrected chi connectivity index (χ0v) is 12.4. The molecule has 0 bridgehead atoms. The molecule has 1 aromatic rings. The molecule has 0 saturated carbocycles. The fourth-order valence-corrected chi connectivity index (χ4v) is 2.13. The summed E-state index contributed by atoms with van der Waals surface area (Å²) in [5.74, 6) is -0.225. The lowest BCUT2D eigenvalue weighted by Crippen LogP contribution is -2.52. The first-order valence-electron chi connectivity index (χ1n) is 6.90. The smallest absolute Gasteiger partial charge is 0.328 e. The van der Waals surface area contributed by atoms with E-state index in [0.717, 1.165) is 5.69 Å². The summed E-state index contributed by atoms with van der Waals surface area (Å²) in [6.07, 6.45) is -0.675. The molecule has 0 aliphatic carbocycles. The predicted molar refractivity (Wildman–Crippen MR) is 78.1 cm³/mol. The van der Waals surface area contributed by atoms with Gasteiger partial charge in [-0.2, -0.15) is 0 Å². The minimum absolute atomic E-state index is 0.0646. The first kappa shape index (κ1) is 15.2. The van der Waals surface area contributed by atoms with Crippen molar-refractivity contribution in [1.82, 2.24) is 5.32 Å². The van der Waals surface area contributed by atoms with Crippen LogP contribution in [0.2, 0.25) is 0 Å². The van der Waals surface area contributed by atoms with Gasteiger partial charge in [-0.3, -0.25) is 4.79 Å². The first-order valence-corrected chi connectivity index (χ1v) is 6.90. The highest BCUT2D eigenvalue weighted by Gasteiger charge is 2.31. The molecule has 0 radical (unpaired) electrons. The van der Waals surface area contributed by atoms with E-state index in [1.165, 1.54) is 7.11 Å². The number of benzene rings is 1. The van der Waals surface area contributed by atoms with Crippen LogP contribution in [0.1, 0.15) is 13.8 Å². The highest BCUT2D eigenvalue weighted by molar-refractivity contribution is 5.88. The van der Waals surface area contributed by atoms with Crippen LogP contribution >= 0.6 is 0 Å². The van der Waals surface area contributed by atoms with Crippen molar-refractivity contribution in [1.29, 1.82) is 0 Å². The Morgan fingerprint density at radius 3 is 2.76 bits per heavy atom. The summed E-state index contributed by atoms with van der Waals surface area (Å²) >= 11 is 0. The van der Waals surface area contributed by atoms with E-state index in [4.69, 9.17) is 9.47 Å². The molecule has 0 aromatic heterocycles. The Morgan fingerprint density at radius 1 is 1.38 bits per heavy atom. The molecule has 2 N–H and O–H groups in total. The lowest BCUT2D eigenvalue weighted by atomic mass is 10.0. The lowest BCUT2D eigenvalue weighted by molar-refractivity contribution is -0.147. The first-order chi connectivity index (χ1) is 10.0. The number of carbonyl (C=O) groups excluding carboxylic acids is 2. The second kappa shape index (κ2) is 6.47. The second-order valence-corrected chi connectivity index (χ2v) is 5.24. The maximum absolute atomic E-state index is 12.3. The number of methoxy groups -OCH3 is 1. The number of para-hydroxylation sites is 2. The van der Waals surface area contributed by atoms with Gasteiger partial charge in [0.25, 0.3) is 5.91 Å². The van der Waals surface area contributed by atoms with Gasteiger partial charge in [-0.25, -0.2) is 4.79 Å². The van der Waals surface area contributed by atoms with Crippen molar-refractivity contribution in [3.8, 4) is 5.75 Å². The standard InChI is InChI=1S/C15H20N2O4/c1-9(2)13(15(19)20-3)17-14(18)12-8-16-10-6-4-5-7-11(10)21-12/h4-7,9,12-13,16H,8H2,1-3H3,(H,17,18)/t12?,13-/m0/s1. The van der Waals surface area contributed by atoms with Crippen molar-refractivity contribution in [2.45, 2.75) is 26.0 Å². The van der Waals surface area contributed by atoms with Crippen LogP contribution in [-0.4, -0.2) is 37.7 Å². The van der Waals surface area contributed by atoms with Gasteiger partial charge in [0.05, 0.1) is 19.3 Å². The number of hydrogen-bond donors (Lipinski definition) is 2. The SMILES string of the molecule is COC(=O)[C@@H](NC(=O)C1CNc2ccccc2O1)C(C)C. The van der Waals surface area contributed by atoms with Crippen molar-refractivity contribution < 1.29 is 19.1 Å². The fourth-order valence-electron chi connectivity index (χ4n) is 2.13. The van der Waals surface area contributed by atoms with Crippen LogP contribution in [0, 0.1) is 5.92 Å². The summed E-state index contributed by atoms with van der Waals surface area (Å²) in [5, 5.41) is 5.83. The van der Waals surface area contributed by atoms with E-state index in [0.29, 0.717) is 12.3 Å². The summed E-state index contributed by atoms with van der Waals surface area (Å²) in [6.45, 7) is 4.04. The largest absolute Gasteiger partial charge is 0.477 e. The third-order valence-electron chi connectivity index (χ3n) is 3.35. The lowest BCUT2D eigenvalue weighted by Gasteiger charge is -2.28. The molecule has 1 aliphatic heterocycles. The van der Waals surface area contributed by atoms with E-state index in [1.807, 2.05) is 32.0 Å². The molecule has 0 fully saturated rings. The van der Waals surface area contributed by atoms with E-state index >= 15 is 0 Å². The van der Waals surface area contributed by atoms with Crippen molar-refractivity contribution in [2.24, 2.45) is 5.92 Å². The van der Waals surface area contributed by atoms with Crippen molar-refractivity contribution in [3.05, 3.63) is 24.3 Å². The molecule has 6 heteroatoms. The molecule has 1 aliphatic rings. The molecular formula is C15H20N2O4. The minimum atomic E-state index is -0.678. The van der Waals surface area contributed by atoms with Crippen LogP contribution in [0.3, 0.4) is 0 Å². The van der Waals surface area contributed by atoms with Gasteiger partial charge in [0, 0.05) is 0 Å². The number of nitrogens with one attached hydrogen (secondary N) is 2. The molecule has 1 heterocycles. The molecule has 2 rings (SSSR count). The Balaban J connectivity index is 2.03. The highest BCUT2D eigenvalue weighted by atomic mass is 16.5. The van der Waals surface area contributed by atoms with E-state index in [9.17, 15) is 9.59 Å². The summed E-state index contributed by atoms with van der Waals surface area (Å²) in [5.41, 5.74) is 0.856. The zero-order valence-electron chi connectivity index (χ0n) is 12.4. The number of carbonyl (C=O) groups is 2. The van der Waals surface area contributed by atoms with Crippen molar-refractivity contribution in [2.75, 3.05) is 19.0 Å². The minimum Gasteiger partial charge on any atom is -0.477 e. The Labute approximate surface area is 123 Å². The van der Waals surface area contributed by atoms with E-state index in [1.54, 1.807) is 6.07 Å². The average Bonchev–Trinajstić information content (AvgIpc) is 2.50. The molecule has 21 heavy (non-hydrogen) atoms. The fraction of sp³-hybridized carbons (Fsp3) is 0.467. The molecule has 6 nitrogen and oxygen atoms in total. The van der Waals surface area contributed by atoms with E-state index in [-0.39, 0.29) is 11.8 Å². The summed E-state index contributed by atoms with van der Waals surface area (Å²) < 4.78 is 10.4. The van der Waals surface area contributed by atoms with Crippen LogP contribution in [0.4, 0.5) is 5.69 Å². The third kappa shape index (κ3) is 3.45. The van der Waals surface area contributed by atoms with Crippen LogP contribution in [0.15, 0.2) is 24.3 Å². The quantitative estimate of drug-likeness (QED) is 0.815. The van der Waals surface area contributed by atoms with Gasteiger partial charge in [0.2, 0.25) is 0 Å². The summed E-state index contributed by atoms with van der Waals surface area (Å²) in [6, 6.07) is 6.73. The normalized spacial score (nSPS) is 18.0. The topological polar surface area (TPSA) is 76.7 Å². The molecule has 1 amide bonds. The number of fused-ring (bicyclic) bond motifs is 1. The number of ether oxygens (including phenoxy) is 2. The number of anilines is 1. The summed E-state index contributed by atoms with van der Waals surface area (Å²) in [4.78, 5) is 23.9. The van der Waals surface area contributed by atoms with Gasteiger partial charge in [0.15, 0.2) is 6.10 Å². The third-order valence-corrected chi connectivity index (χ3v) is 3.35. The van der Waals surface area contributed by atoms with Crippen LogP contribution in [-0.2, 0) is 14.3 Å². The van der Waals surface area contributed by atoms with E-state index in [2.05, 4.69) is 10.6 Å². The second-order valence-electron chi connectivity index (χ2n) is 5.24. The monoisotopic (exact) mass is 292 g/mol. The number of rotatable bonds is 4. The molecule has 1 unspecified atom stereocenters. The molecule has 1 aromatic carbocycles. The molecule has 2 atom stereocenters. The van der Waals surface area contributed by atoms with Gasteiger partial charge in [-0.05, 0) is 18.1 Å². The Hall–Kier alpha value is -2.24. The van der Waals surface area contributed by atoms with Crippen LogP contribution in [0.5, 0.6) is 5.75 Å². The molecule has 0 saturated heterocycles. The maximum Gasteiger partial charge on any atom is 0.328 e. The predicted octanol–water partition coefficient (Wildman–Crippen LogP) is 1.17. The van der Waals surface area contributed by atoms with Crippen LogP contribution < -0.4 is 15.4 Å². The Morgan fingerprint density at radius 2 is 2.10 bits per heavy atom. The average molecular weight is 292 g/mol. The number of esters is 1. The number of hydrogen-bond acceptors (Lipinski definition) is 5. The van der Waals surface area contributed by atoms with Gasteiger partial charge in [0.1, 0.15) is 11.8 Å². The molecular weight excluding hydrogens is 272 g/mol. The van der Waals surface area contributed by atoms with Gasteiger partial charge >= 0.3 is 5.97 Å². The van der Waals surface area contributed by atoms with Gasteiger partial charge < -0.3 is 20.1 Å². The summed E-state index contributed by atoms with van der Waals surface area (Å²) in [7, 11) is 1.30. The molecule has 0 spiro atoms. The molecule has 114 valence electrons. The van der Waals surface area contributed by atoms with Crippen molar-refractivity contribution >= 4 is 17.6 Å². The Bertz CT molecular complexity index is 530. The van der Waals surface area contributed by atoms with E-state index < -0.39 is 18.1 Å². The maximum atomic E-state index is 12.3. The van der Waals surface area contributed by atoms with Crippen LogP contribution in [0.25, 0.3) is 0 Å². The van der Waals surface area contributed by atoms with Gasteiger partial charge in [-0.15, -0.1) is 0 Å². The van der Waals surface area contributed by atoms with Crippen molar-refractivity contribution in [3.63, 3.8) is 0 Å².